The fraction of sp³-hybridized carbons (Fsp3) is 0.188. The molecule has 2 N–H and O–H groups in total. The zero-order chi connectivity index (χ0) is 18.0. The number of sulfonamides is 1. The molecular weight excluding hydrogens is 364 g/mol. The van der Waals surface area contributed by atoms with Crippen LogP contribution in [-0.4, -0.2) is 27.6 Å². The van der Waals surface area contributed by atoms with Gasteiger partial charge in [0.05, 0.1) is 29.3 Å². The highest BCUT2D eigenvalue weighted by Gasteiger charge is 2.16. The molecule has 0 unspecified atom stereocenters. The maximum Gasteiger partial charge on any atom is 0.305 e. The first kappa shape index (κ1) is 17.5. The monoisotopic (exact) mass is 380 g/mol. The van der Waals surface area contributed by atoms with Crippen LogP contribution in [0.15, 0.2) is 46.1 Å². The van der Waals surface area contributed by atoms with Gasteiger partial charge in [0.2, 0.25) is 10.0 Å². The van der Waals surface area contributed by atoms with Crippen LogP contribution in [0.5, 0.6) is 11.5 Å². The zero-order valence-corrected chi connectivity index (χ0v) is 15.2. The number of fused-ring (bicyclic) bond motifs is 1. The number of aromatic amines is 1. The number of hydrogen-bond donors (Lipinski definition) is 2. The lowest BCUT2D eigenvalue weighted by Gasteiger charge is -2.12. The molecule has 3 aromatic rings. The number of aromatic nitrogens is 1. The number of hydrogen-bond acceptors (Lipinski definition) is 6. The van der Waals surface area contributed by atoms with Crippen molar-refractivity contribution in [3.8, 4) is 11.5 Å². The van der Waals surface area contributed by atoms with Gasteiger partial charge in [-0.1, -0.05) is 17.4 Å². The van der Waals surface area contributed by atoms with Gasteiger partial charge in [0.25, 0.3) is 0 Å². The Kier molecular flexibility index (Phi) is 4.80. The van der Waals surface area contributed by atoms with Gasteiger partial charge in [0, 0.05) is 18.2 Å². The number of ether oxygens (including phenoxy) is 2. The first-order chi connectivity index (χ1) is 11.9. The normalized spacial score (nSPS) is 11.6. The van der Waals surface area contributed by atoms with Crippen molar-refractivity contribution in [2.45, 2.75) is 11.4 Å². The molecule has 0 amide bonds. The van der Waals surface area contributed by atoms with Crippen molar-refractivity contribution < 1.29 is 17.9 Å². The molecule has 0 spiro atoms. The summed E-state index contributed by atoms with van der Waals surface area (Å²) in [4.78, 5) is 13.9. The Hall–Kier alpha value is -2.36. The first-order valence-electron chi connectivity index (χ1n) is 7.26. The molecule has 0 aliphatic rings. The Morgan fingerprint density at radius 3 is 2.64 bits per heavy atom. The predicted molar refractivity (Wildman–Crippen MR) is 96.0 cm³/mol. The summed E-state index contributed by atoms with van der Waals surface area (Å²) < 4.78 is 38.6. The Labute approximate surface area is 148 Å². The molecule has 0 aliphatic carbocycles. The SMILES string of the molecule is COc1ccc(CNS(=O)(=O)c2ccc3[nH]c(=O)sc3c2)c(OC)c1. The third-order valence-corrected chi connectivity index (χ3v) is 5.89. The van der Waals surface area contributed by atoms with Gasteiger partial charge in [0.15, 0.2) is 0 Å². The molecule has 0 aliphatic heterocycles. The molecule has 0 saturated heterocycles. The van der Waals surface area contributed by atoms with E-state index in [1.54, 1.807) is 31.4 Å². The Morgan fingerprint density at radius 1 is 1.12 bits per heavy atom. The highest BCUT2D eigenvalue weighted by atomic mass is 32.2. The lowest BCUT2D eigenvalue weighted by molar-refractivity contribution is 0.390. The summed E-state index contributed by atoms with van der Waals surface area (Å²) in [5, 5.41) is 0. The molecule has 0 radical (unpaired) electrons. The topological polar surface area (TPSA) is 97.5 Å². The van der Waals surface area contributed by atoms with E-state index in [2.05, 4.69) is 9.71 Å². The summed E-state index contributed by atoms with van der Waals surface area (Å²) in [7, 11) is -0.675. The number of nitrogens with one attached hydrogen (secondary N) is 2. The van der Waals surface area contributed by atoms with E-state index in [-0.39, 0.29) is 16.3 Å². The average Bonchev–Trinajstić information content (AvgIpc) is 2.98. The van der Waals surface area contributed by atoms with Gasteiger partial charge in [-0.3, -0.25) is 4.79 Å². The molecule has 2 aromatic carbocycles. The Morgan fingerprint density at radius 2 is 1.92 bits per heavy atom. The van der Waals surface area contributed by atoms with E-state index in [1.165, 1.54) is 19.2 Å². The van der Waals surface area contributed by atoms with E-state index >= 15 is 0 Å². The smallest absolute Gasteiger partial charge is 0.305 e. The second kappa shape index (κ2) is 6.87. The maximum atomic E-state index is 12.5. The Balaban J connectivity index is 1.84. The lowest BCUT2D eigenvalue weighted by atomic mass is 10.2. The minimum atomic E-state index is -3.73. The van der Waals surface area contributed by atoms with Gasteiger partial charge in [-0.05, 0) is 24.3 Å². The van der Waals surface area contributed by atoms with Gasteiger partial charge in [-0.2, -0.15) is 0 Å². The van der Waals surface area contributed by atoms with Crippen LogP contribution in [0.3, 0.4) is 0 Å². The molecule has 1 aromatic heterocycles. The molecular formula is C16H16N2O5S2. The van der Waals surface area contributed by atoms with Crippen molar-refractivity contribution in [2.75, 3.05) is 14.2 Å². The van der Waals surface area contributed by atoms with Crippen LogP contribution in [-0.2, 0) is 16.6 Å². The highest BCUT2D eigenvalue weighted by Crippen LogP contribution is 2.25. The van der Waals surface area contributed by atoms with E-state index in [4.69, 9.17) is 9.47 Å². The van der Waals surface area contributed by atoms with Crippen LogP contribution in [0.1, 0.15) is 5.56 Å². The quantitative estimate of drug-likeness (QED) is 0.682. The minimum Gasteiger partial charge on any atom is -0.497 e. The number of H-pyrrole nitrogens is 1. The Bertz CT molecular complexity index is 1070. The zero-order valence-electron chi connectivity index (χ0n) is 13.5. The summed E-state index contributed by atoms with van der Waals surface area (Å²) in [6.45, 7) is 0.0664. The van der Waals surface area contributed by atoms with Crippen molar-refractivity contribution in [3.63, 3.8) is 0 Å². The number of methoxy groups -OCH3 is 2. The van der Waals surface area contributed by atoms with Gasteiger partial charge in [-0.25, -0.2) is 13.1 Å². The van der Waals surface area contributed by atoms with Crippen molar-refractivity contribution in [3.05, 3.63) is 51.6 Å². The van der Waals surface area contributed by atoms with E-state index in [9.17, 15) is 13.2 Å². The third kappa shape index (κ3) is 3.68. The summed E-state index contributed by atoms with van der Waals surface area (Å²) in [5.41, 5.74) is 1.30. The van der Waals surface area contributed by atoms with Gasteiger partial charge in [-0.15, -0.1) is 0 Å². The first-order valence-corrected chi connectivity index (χ1v) is 9.56. The number of thiazole rings is 1. The minimum absolute atomic E-state index is 0.0664. The summed E-state index contributed by atoms with van der Waals surface area (Å²) >= 11 is 0.970. The van der Waals surface area contributed by atoms with Crippen molar-refractivity contribution in [1.82, 2.24) is 9.71 Å². The van der Waals surface area contributed by atoms with Crippen LogP contribution in [0.2, 0.25) is 0 Å². The van der Waals surface area contributed by atoms with Crippen LogP contribution in [0.25, 0.3) is 10.2 Å². The molecule has 25 heavy (non-hydrogen) atoms. The van der Waals surface area contributed by atoms with Crippen LogP contribution in [0.4, 0.5) is 0 Å². The van der Waals surface area contributed by atoms with Crippen molar-refractivity contribution >= 4 is 31.6 Å². The van der Waals surface area contributed by atoms with Crippen molar-refractivity contribution in [2.24, 2.45) is 0 Å². The summed E-state index contributed by atoms with van der Waals surface area (Å²) in [6, 6.07) is 9.67. The van der Waals surface area contributed by atoms with Gasteiger partial charge < -0.3 is 14.5 Å². The van der Waals surface area contributed by atoms with Crippen LogP contribution < -0.4 is 19.1 Å². The third-order valence-electron chi connectivity index (χ3n) is 3.65. The highest BCUT2D eigenvalue weighted by molar-refractivity contribution is 7.89. The largest absolute Gasteiger partial charge is 0.497 e. The van der Waals surface area contributed by atoms with E-state index < -0.39 is 10.0 Å². The molecule has 1 heterocycles. The molecule has 0 atom stereocenters. The molecule has 9 heteroatoms. The molecule has 7 nitrogen and oxygen atoms in total. The van der Waals surface area contributed by atoms with Gasteiger partial charge in [0.1, 0.15) is 11.5 Å². The van der Waals surface area contributed by atoms with Gasteiger partial charge >= 0.3 is 4.87 Å². The van der Waals surface area contributed by atoms with E-state index in [0.717, 1.165) is 11.3 Å². The lowest BCUT2D eigenvalue weighted by Crippen LogP contribution is -2.23. The van der Waals surface area contributed by atoms with Crippen LogP contribution in [0, 0.1) is 0 Å². The predicted octanol–water partition coefficient (Wildman–Crippen LogP) is 2.09. The molecule has 0 saturated carbocycles. The second-order valence-electron chi connectivity index (χ2n) is 5.17. The number of benzene rings is 2. The van der Waals surface area contributed by atoms with Crippen molar-refractivity contribution in [1.29, 1.82) is 0 Å². The van der Waals surface area contributed by atoms with E-state index in [0.29, 0.717) is 27.3 Å². The second-order valence-corrected chi connectivity index (χ2v) is 7.96. The van der Waals surface area contributed by atoms with Crippen LogP contribution >= 0.6 is 11.3 Å². The summed E-state index contributed by atoms with van der Waals surface area (Å²) in [5.74, 6) is 1.15. The standard InChI is InChI=1S/C16H16N2O5S2/c1-22-11-4-3-10(14(7-11)23-2)9-17-25(20,21)12-5-6-13-15(8-12)24-16(19)18-13/h3-8,17H,9H2,1-2H3,(H,18,19). The van der Waals surface area contributed by atoms with E-state index in [1.807, 2.05) is 0 Å². The number of rotatable bonds is 6. The molecule has 3 rings (SSSR count). The maximum absolute atomic E-state index is 12.5. The fourth-order valence-corrected chi connectivity index (χ4v) is 4.23. The fourth-order valence-electron chi connectivity index (χ4n) is 2.35. The molecule has 132 valence electrons. The molecule has 0 bridgehead atoms. The molecule has 0 fully saturated rings. The average molecular weight is 380 g/mol. The summed E-state index contributed by atoms with van der Waals surface area (Å²) in [6.07, 6.45) is 0.